The van der Waals surface area contributed by atoms with Crippen molar-refractivity contribution >= 4 is 0 Å². The maximum atomic E-state index is 10.6. The van der Waals surface area contributed by atoms with Gasteiger partial charge in [0.1, 0.15) is 0 Å². The molecule has 3 fully saturated rings. The lowest BCUT2D eigenvalue weighted by Crippen LogP contribution is -2.53. The zero-order chi connectivity index (χ0) is 20.8. The summed E-state index contributed by atoms with van der Waals surface area (Å²) >= 11 is 0. The standard InChI is InChI=1S/C27H44O2/c1-18(2)6-5-7-19(3)23-10-11-24-22-9-8-20-16-21(29)12-15-27(20,17-28)25(22)13-14-26(23,24)4/h6,8,19,21-25,28-29H,5,7,9-17H2,1-4H3/t19-,21+,22+,23-,24+,25+,26-,27-/m1/s1. The van der Waals surface area contributed by atoms with Gasteiger partial charge in [-0.1, -0.05) is 37.1 Å². The van der Waals surface area contributed by atoms with Crippen LogP contribution in [0.25, 0.3) is 0 Å². The zero-order valence-electron chi connectivity index (χ0n) is 19.3. The third-order valence-electron chi connectivity index (χ3n) is 10.0. The first-order valence-corrected chi connectivity index (χ1v) is 12.4. The van der Waals surface area contributed by atoms with E-state index in [0.717, 1.165) is 42.9 Å². The van der Waals surface area contributed by atoms with Crippen molar-refractivity contribution in [2.75, 3.05) is 6.61 Å². The minimum Gasteiger partial charge on any atom is -0.395 e. The van der Waals surface area contributed by atoms with Crippen LogP contribution in [0.4, 0.5) is 0 Å². The molecule has 8 atom stereocenters. The molecule has 3 saturated carbocycles. The molecule has 4 aliphatic rings. The second kappa shape index (κ2) is 8.15. The lowest BCUT2D eigenvalue weighted by molar-refractivity contribution is -0.0794. The number of rotatable bonds is 5. The quantitative estimate of drug-likeness (QED) is 0.533. The van der Waals surface area contributed by atoms with Gasteiger partial charge in [-0.15, -0.1) is 0 Å². The Bertz CT molecular complexity index is 659. The van der Waals surface area contributed by atoms with Gasteiger partial charge >= 0.3 is 0 Å². The number of allylic oxidation sites excluding steroid dienone is 3. The number of fused-ring (bicyclic) bond motifs is 5. The SMILES string of the molecule is CC(C)=CCC[C@@H](C)[C@H]1CC[C@H]2[C@@H]3CC=C4C[C@@H](O)CC[C@]4(CO)[C@H]3CC[C@]12C. The summed E-state index contributed by atoms with van der Waals surface area (Å²) in [6.45, 7) is 9.85. The average molecular weight is 401 g/mol. The van der Waals surface area contributed by atoms with Gasteiger partial charge in [-0.3, -0.25) is 0 Å². The van der Waals surface area contributed by atoms with Crippen molar-refractivity contribution < 1.29 is 10.2 Å². The number of aliphatic hydroxyl groups excluding tert-OH is 2. The molecule has 2 nitrogen and oxygen atoms in total. The van der Waals surface area contributed by atoms with Gasteiger partial charge in [-0.05, 0) is 113 Å². The van der Waals surface area contributed by atoms with Crippen LogP contribution in [0.1, 0.15) is 91.9 Å². The van der Waals surface area contributed by atoms with Crippen LogP contribution >= 0.6 is 0 Å². The van der Waals surface area contributed by atoms with Gasteiger partial charge in [0.15, 0.2) is 0 Å². The van der Waals surface area contributed by atoms with Gasteiger partial charge in [0, 0.05) is 5.41 Å². The van der Waals surface area contributed by atoms with E-state index in [-0.39, 0.29) is 11.5 Å². The van der Waals surface area contributed by atoms with Crippen molar-refractivity contribution in [2.45, 2.75) is 98.0 Å². The third kappa shape index (κ3) is 3.57. The Kier molecular flexibility index (Phi) is 6.08. The fourth-order valence-electron chi connectivity index (χ4n) is 8.54. The van der Waals surface area contributed by atoms with Crippen molar-refractivity contribution in [3.8, 4) is 0 Å². The van der Waals surface area contributed by atoms with Crippen LogP contribution in [0.5, 0.6) is 0 Å². The van der Waals surface area contributed by atoms with E-state index in [1.165, 1.54) is 56.1 Å². The normalized spacial score (nSPS) is 44.9. The van der Waals surface area contributed by atoms with Crippen LogP contribution in [0, 0.1) is 40.4 Å². The Morgan fingerprint density at radius 2 is 1.97 bits per heavy atom. The molecule has 0 unspecified atom stereocenters. The minimum absolute atomic E-state index is 0.0172. The molecule has 29 heavy (non-hydrogen) atoms. The predicted octanol–water partition coefficient (Wildman–Crippen LogP) is 6.28. The van der Waals surface area contributed by atoms with E-state index in [9.17, 15) is 10.2 Å². The summed E-state index contributed by atoms with van der Waals surface area (Å²) in [5.41, 5.74) is 3.32. The first-order valence-electron chi connectivity index (χ1n) is 12.4. The summed E-state index contributed by atoms with van der Waals surface area (Å²) in [5.74, 6) is 3.88. The third-order valence-corrected chi connectivity index (χ3v) is 10.0. The molecule has 4 aliphatic carbocycles. The summed E-state index contributed by atoms with van der Waals surface area (Å²) in [5, 5.41) is 20.8. The van der Waals surface area contributed by atoms with Crippen molar-refractivity contribution in [3.63, 3.8) is 0 Å². The lowest BCUT2D eigenvalue weighted by Gasteiger charge is -2.59. The van der Waals surface area contributed by atoms with Crippen molar-refractivity contribution in [2.24, 2.45) is 40.4 Å². The van der Waals surface area contributed by atoms with E-state index in [1.54, 1.807) is 0 Å². The molecule has 0 radical (unpaired) electrons. The molecule has 0 spiro atoms. The minimum atomic E-state index is -0.191. The van der Waals surface area contributed by atoms with Gasteiger partial charge in [-0.25, -0.2) is 0 Å². The van der Waals surface area contributed by atoms with Crippen LogP contribution in [0.3, 0.4) is 0 Å². The summed E-state index contributed by atoms with van der Waals surface area (Å²) in [4.78, 5) is 0. The molecule has 0 aromatic carbocycles. The summed E-state index contributed by atoms with van der Waals surface area (Å²) in [7, 11) is 0. The molecule has 4 rings (SSSR count). The van der Waals surface area contributed by atoms with Crippen LogP contribution in [-0.2, 0) is 0 Å². The highest BCUT2D eigenvalue weighted by Crippen LogP contribution is 2.67. The molecule has 0 amide bonds. The summed E-state index contributed by atoms with van der Waals surface area (Å²) < 4.78 is 0. The fraction of sp³-hybridized carbons (Fsp3) is 0.852. The molecular formula is C27H44O2. The van der Waals surface area contributed by atoms with Gasteiger partial charge in [0.25, 0.3) is 0 Å². The van der Waals surface area contributed by atoms with Crippen LogP contribution in [0.15, 0.2) is 23.3 Å². The van der Waals surface area contributed by atoms with E-state index in [1.807, 2.05) is 0 Å². The van der Waals surface area contributed by atoms with Crippen LogP contribution < -0.4 is 0 Å². The number of aliphatic hydroxyl groups is 2. The maximum absolute atomic E-state index is 10.6. The highest BCUT2D eigenvalue weighted by atomic mass is 16.3. The van der Waals surface area contributed by atoms with Gasteiger partial charge < -0.3 is 10.2 Å². The maximum Gasteiger partial charge on any atom is 0.0577 e. The van der Waals surface area contributed by atoms with Gasteiger partial charge in [0.05, 0.1) is 12.7 Å². The van der Waals surface area contributed by atoms with Crippen molar-refractivity contribution in [1.82, 2.24) is 0 Å². The summed E-state index contributed by atoms with van der Waals surface area (Å²) in [6, 6.07) is 0. The van der Waals surface area contributed by atoms with Gasteiger partial charge in [0.2, 0.25) is 0 Å². The molecule has 2 heteroatoms. The Labute approximate surface area is 178 Å². The molecule has 0 saturated heterocycles. The smallest absolute Gasteiger partial charge is 0.0577 e. The van der Waals surface area contributed by atoms with E-state index in [4.69, 9.17) is 0 Å². The van der Waals surface area contributed by atoms with Crippen LogP contribution in [-0.4, -0.2) is 22.9 Å². The summed E-state index contributed by atoms with van der Waals surface area (Å²) in [6.07, 6.45) is 16.5. The Balaban J connectivity index is 1.54. The van der Waals surface area contributed by atoms with Crippen molar-refractivity contribution in [1.29, 1.82) is 0 Å². The molecule has 0 aromatic heterocycles. The molecule has 164 valence electrons. The first kappa shape index (κ1) is 21.6. The predicted molar refractivity (Wildman–Crippen MR) is 120 cm³/mol. The highest BCUT2D eigenvalue weighted by molar-refractivity contribution is 5.26. The van der Waals surface area contributed by atoms with E-state index in [2.05, 4.69) is 39.8 Å². The van der Waals surface area contributed by atoms with E-state index < -0.39 is 0 Å². The molecule has 0 aliphatic heterocycles. The lowest BCUT2D eigenvalue weighted by atomic mass is 9.46. The van der Waals surface area contributed by atoms with E-state index in [0.29, 0.717) is 17.9 Å². The average Bonchev–Trinajstić information content (AvgIpc) is 3.04. The molecule has 0 bridgehead atoms. The fourth-order valence-corrected chi connectivity index (χ4v) is 8.54. The first-order chi connectivity index (χ1) is 13.8. The Morgan fingerprint density at radius 1 is 1.17 bits per heavy atom. The highest BCUT2D eigenvalue weighted by Gasteiger charge is 2.60. The molecule has 0 heterocycles. The largest absolute Gasteiger partial charge is 0.395 e. The zero-order valence-corrected chi connectivity index (χ0v) is 19.3. The van der Waals surface area contributed by atoms with E-state index >= 15 is 0 Å². The van der Waals surface area contributed by atoms with Gasteiger partial charge in [-0.2, -0.15) is 0 Å². The Morgan fingerprint density at radius 3 is 2.69 bits per heavy atom. The second-order valence-corrected chi connectivity index (χ2v) is 11.6. The monoisotopic (exact) mass is 400 g/mol. The molecular weight excluding hydrogens is 356 g/mol. The molecule has 0 aromatic rings. The number of hydrogen-bond acceptors (Lipinski definition) is 2. The van der Waals surface area contributed by atoms with Crippen molar-refractivity contribution in [3.05, 3.63) is 23.3 Å². The van der Waals surface area contributed by atoms with Crippen LogP contribution in [0.2, 0.25) is 0 Å². The Hall–Kier alpha value is -0.600. The molecule has 2 N–H and O–H groups in total. The second-order valence-electron chi connectivity index (χ2n) is 11.6. The topological polar surface area (TPSA) is 40.5 Å². The number of hydrogen-bond donors (Lipinski definition) is 2.